The third-order valence-corrected chi connectivity index (χ3v) is 5.00. The van der Waals surface area contributed by atoms with Crippen LogP contribution in [0.25, 0.3) is 0 Å². The molecule has 1 fully saturated rings. The van der Waals surface area contributed by atoms with E-state index in [0.29, 0.717) is 12.0 Å². The van der Waals surface area contributed by atoms with E-state index in [4.69, 9.17) is 0 Å². The number of hydrogen-bond acceptors (Lipinski definition) is 2. The Morgan fingerprint density at radius 3 is 2.87 bits per heavy atom. The number of nitrogens with one attached hydrogen (secondary N) is 1. The summed E-state index contributed by atoms with van der Waals surface area (Å²) in [6, 6.07) is 2.25. The lowest BCUT2D eigenvalue weighted by Crippen LogP contribution is -2.26. The number of hydrogen-bond donors (Lipinski definition) is 1. The fourth-order valence-corrected chi connectivity index (χ4v) is 4.41. The monoisotopic (exact) mass is 351 g/mol. The molecule has 5 heteroatoms. The molecule has 1 aliphatic rings. The molecule has 1 heterocycles. The second kappa shape index (κ2) is 4.55. The smallest absolute Gasteiger partial charge is 0.253 e. The molecule has 2 rings (SSSR count). The highest BCUT2D eigenvalue weighted by Crippen LogP contribution is 2.35. The normalized spacial score (nSPS) is 23.9. The molecule has 0 spiro atoms. The van der Waals surface area contributed by atoms with E-state index in [-0.39, 0.29) is 5.91 Å². The van der Waals surface area contributed by atoms with Gasteiger partial charge in [-0.3, -0.25) is 4.79 Å². The van der Waals surface area contributed by atoms with Crippen LogP contribution in [0.5, 0.6) is 0 Å². The molecule has 15 heavy (non-hydrogen) atoms. The van der Waals surface area contributed by atoms with Crippen molar-refractivity contribution in [1.29, 1.82) is 0 Å². The van der Waals surface area contributed by atoms with Crippen molar-refractivity contribution in [2.75, 3.05) is 0 Å². The molecule has 0 saturated heterocycles. The van der Waals surface area contributed by atoms with Gasteiger partial charge in [-0.1, -0.05) is 13.3 Å². The van der Waals surface area contributed by atoms with E-state index in [1.807, 2.05) is 6.07 Å². The highest BCUT2D eigenvalue weighted by Gasteiger charge is 2.36. The maximum absolute atomic E-state index is 11.8. The lowest BCUT2D eigenvalue weighted by Gasteiger charge is -2.02. The number of halogens is 2. The van der Waals surface area contributed by atoms with Gasteiger partial charge >= 0.3 is 0 Å². The first-order valence-corrected chi connectivity index (χ1v) is 7.27. The van der Waals surface area contributed by atoms with Crippen molar-refractivity contribution < 1.29 is 4.79 Å². The molecule has 1 amide bonds. The van der Waals surface area contributed by atoms with Crippen LogP contribution >= 0.6 is 43.2 Å². The van der Waals surface area contributed by atoms with Crippen molar-refractivity contribution >= 4 is 49.1 Å². The Balaban J connectivity index is 1.99. The Kier molecular flexibility index (Phi) is 3.52. The van der Waals surface area contributed by atoms with Crippen molar-refractivity contribution in [3.8, 4) is 0 Å². The van der Waals surface area contributed by atoms with Gasteiger partial charge in [0.25, 0.3) is 5.91 Å². The lowest BCUT2D eigenvalue weighted by atomic mass is 10.3. The summed E-state index contributed by atoms with van der Waals surface area (Å²) in [5.41, 5.74) is 0.730. The molecule has 82 valence electrons. The van der Waals surface area contributed by atoms with Crippen molar-refractivity contribution in [2.45, 2.75) is 25.8 Å². The summed E-state index contributed by atoms with van der Waals surface area (Å²) < 4.78 is 1.86. The molecule has 2 nitrogen and oxygen atoms in total. The van der Waals surface area contributed by atoms with Gasteiger partial charge in [-0.15, -0.1) is 11.3 Å². The van der Waals surface area contributed by atoms with Crippen LogP contribution in [0.1, 0.15) is 30.1 Å². The highest BCUT2D eigenvalue weighted by atomic mass is 79.9. The quantitative estimate of drug-likeness (QED) is 0.880. The predicted molar refractivity (Wildman–Crippen MR) is 69.4 cm³/mol. The molecule has 1 aromatic heterocycles. The minimum absolute atomic E-state index is 0.0322. The SMILES string of the molecule is CCC1CC1NC(=O)c1cc(Br)sc1Br. The molecule has 0 radical (unpaired) electrons. The summed E-state index contributed by atoms with van der Waals surface area (Å²) in [4.78, 5) is 11.8. The molecule has 0 aliphatic heterocycles. The third-order valence-electron chi connectivity index (χ3n) is 2.66. The van der Waals surface area contributed by atoms with E-state index >= 15 is 0 Å². The van der Waals surface area contributed by atoms with Crippen LogP contribution < -0.4 is 5.32 Å². The largest absolute Gasteiger partial charge is 0.349 e. The molecule has 0 aromatic carbocycles. The molecule has 1 saturated carbocycles. The zero-order chi connectivity index (χ0) is 11.0. The van der Waals surface area contributed by atoms with E-state index in [9.17, 15) is 4.79 Å². The number of rotatable bonds is 3. The predicted octanol–water partition coefficient (Wildman–Crippen LogP) is 3.80. The van der Waals surface area contributed by atoms with Gasteiger partial charge in [0.15, 0.2) is 0 Å². The van der Waals surface area contributed by atoms with Gasteiger partial charge < -0.3 is 5.32 Å². The molecular weight excluding hydrogens is 342 g/mol. The van der Waals surface area contributed by atoms with Gasteiger partial charge in [0.05, 0.1) is 13.1 Å². The molecular formula is C10H11Br2NOS. The van der Waals surface area contributed by atoms with Crippen LogP contribution in [-0.4, -0.2) is 11.9 Å². The topological polar surface area (TPSA) is 29.1 Å². The maximum Gasteiger partial charge on any atom is 0.253 e. The average Bonchev–Trinajstić information content (AvgIpc) is 2.83. The number of carbonyl (C=O) groups excluding carboxylic acids is 1. The second-order valence-corrected chi connectivity index (χ2v) is 7.47. The summed E-state index contributed by atoms with van der Waals surface area (Å²) in [7, 11) is 0. The van der Waals surface area contributed by atoms with E-state index in [0.717, 1.165) is 26.0 Å². The van der Waals surface area contributed by atoms with Crippen LogP contribution in [0.15, 0.2) is 13.6 Å². The van der Waals surface area contributed by atoms with Gasteiger partial charge in [-0.2, -0.15) is 0 Å². The number of carbonyl (C=O) groups is 1. The average molecular weight is 353 g/mol. The zero-order valence-corrected chi connectivity index (χ0v) is 12.2. The zero-order valence-electron chi connectivity index (χ0n) is 8.22. The standard InChI is InChI=1S/C10H11Br2NOS/c1-2-5-3-7(5)13-10(14)6-4-8(11)15-9(6)12/h4-5,7H,2-3H2,1H3,(H,13,14). The lowest BCUT2D eigenvalue weighted by molar-refractivity contribution is 0.0948. The molecule has 1 aromatic rings. The summed E-state index contributed by atoms with van der Waals surface area (Å²) >= 11 is 8.28. The van der Waals surface area contributed by atoms with Crippen LogP contribution in [-0.2, 0) is 0 Å². The number of thiophene rings is 1. The van der Waals surface area contributed by atoms with Crippen LogP contribution in [0, 0.1) is 5.92 Å². The first-order valence-electron chi connectivity index (χ1n) is 4.87. The molecule has 2 atom stereocenters. The van der Waals surface area contributed by atoms with Crippen molar-refractivity contribution in [3.05, 3.63) is 19.2 Å². The molecule has 2 unspecified atom stereocenters. The Bertz CT molecular complexity index is 391. The Labute approximate surface area is 110 Å². The highest BCUT2D eigenvalue weighted by molar-refractivity contribution is 9.12. The van der Waals surface area contributed by atoms with Crippen LogP contribution in [0.2, 0.25) is 0 Å². The second-order valence-electron chi connectivity index (χ2n) is 3.72. The van der Waals surface area contributed by atoms with Gasteiger partial charge in [-0.25, -0.2) is 0 Å². The summed E-state index contributed by atoms with van der Waals surface area (Å²) in [6.07, 6.45) is 2.28. The van der Waals surface area contributed by atoms with Gasteiger partial charge in [0, 0.05) is 6.04 Å². The molecule has 1 aliphatic carbocycles. The van der Waals surface area contributed by atoms with Crippen molar-refractivity contribution in [2.24, 2.45) is 5.92 Å². The van der Waals surface area contributed by atoms with E-state index in [2.05, 4.69) is 44.1 Å². The maximum atomic E-state index is 11.8. The minimum Gasteiger partial charge on any atom is -0.349 e. The van der Waals surface area contributed by atoms with E-state index < -0.39 is 0 Å². The number of amides is 1. The first kappa shape index (κ1) is 11.6. The van der Waals surface area contributed by atoms with Gasteiger partial charge in [0.1, 0.15) is 0 Å². The van der Waals surface area contributed by atoms with Crippen molar-refractivity contribution in [3.63, 3.8) is 0 Å². The third kappa shape index (κ3) is 2.63. The van der Waals surface area contributed by atoms with Crippen LogP contribution in [0.4, 0.5) is 0 Å². The van der Waals surface area contributed by atoms with Crippen molar-refractivity contribution in [1.82, 2.24) is 5.32 Å². The van der Waals surface area contributed by atoms with Gasteiger partial charge in [0.2, 0.25) is 0 Å². The minimum atomic E-state index is 0.0322. The van der Waals surface area contributed by atoms with Gasteiger partial charge in [-0.05, 0) is 50.3 Å². The first-order chi connectivity index (χ1) is 7.11. The summed E-state index contributed by atoms with van der Waals surface area (Å²) in [6.45, 7) is 2.16. The van der Waals surface area contributed by atoms with E-state index in [1.165, 1.54) is 11.3 Å². The molecule has 1 N–H and O–H groups in total. The Hall–Kier alpha value is 0.130. The fourth-order valence-electron chi connectivity index (χ4n) is 1.62. The fraction of sp³-hybridized carbons (Fsp3) is 0.500. The Morgan fingerprint density at radius 2 is 2.40 bits per heavy atom. The van der Waals surface area contributed by atoms with Crippen LogP contribution in [0.3, 0.4) is 0 Å². The summed E-state index contributed by atoms with van der Waals surface area (Å²) in [5.74, 6) is 0.722. The van der Waals surface area contributed by atoms with E-state index in [1.54, 1.807) is 0 Å². The molecule has 0 bridgehead atoms. The summed E-state index contributed by atoms with van der Waals surface area (Å²) in [5, 5.41) is 3.04. The Morgan fingerprint density at radius 1 is 1.67 bits per heavy atom.